The minimum absolute atomic E-state index is 0.0210. The van der Waals surface area contributed by atoms with E-state index in [1.165, 1.54) is 42.5 Å². The summed E-state index contributed by atoms with van der Waals surface area (Å²) >= 11 is 5.89. The average molecular weight is 300 g/mol. The summed E-state index contributed by atoms with van der Waals surface area (Å²) in [5.74, 6) is -0.650. The lowest BCUT2D eigenvalue weighted by Crippen LogP contribution is -2.06. The van der Waals surface area contributed by atoms with Crippen LogP contribution in [0.2, 0.25) is 5.02 Å². The predicted octanol–water partition coefficient (Wildman–Crippen LogP) is 3.04. The molecule has 0 aliphatic rings. The first-order valence-corrected chi connectivity index (χ1v) is 7.44. The van der Waals surface area contributed by atoms with Gasteiger partial charge in [-0.15, -0.1) is 0 Å². The van der Waals surface area contributed by atoms with Gasteiger partial charge in [0.1, 0.15) is 5.82 Å². The lowest BCUT2D eigenvalue weighted by atomic mass is 10.2. The number of nitrogen functional groups attached to an aromatic ring is 1. The lowest BCUT2D eigenvalue weighted by molar-refractivity contribution is 0.595. The van der Waals surface area contributed by atoms with Crippen molar-refractivity contribution in [3.05, 3.63) is 58.9 Å². The molecule has 0 fully saturated rings. The second kappa shape index (κ2) is 5.19. The summed E-state index contributed by atoms with van der Waals surface area (Å²) in [6.07, 6.45) is 0. The first-order valence-electron chi connectivity index (χ1n) is 5.41. The van der Waals surface area contributed by atoms with Gasteiger partial charge in [0, 0.05) is 5.69 Å². The molecule has 6 heteroatoms. The number of benzene rings is 2. The van der Waals surface area contributed by atoms with Crippen LogP contribution in [0.1, 0.15) is 5.56 Å². The molecule has 2 aromatic rings. The summed E-state index contributed by atoms with van der Waals surface area (Å²) in [6.45, 7) is 0. The Morgan fingerprint density at radius 2 is 1.74 bits per heavy atom. The highest BCUT2D eigenvalue weighted by molar-refractivity contribution is 7.90. The molecule has 0 saturated heterocycles. The van der Waals surface area contributed by atoms with Crippen molar-refractivity contribution in [3.8, 4) is 0 Å². The van der Waals surface area contributed by atoms with Crippen LogP contribution < -0.4 is 5.73 Å². The molecule has 2 rings (SSSR count). The van der Waals surface area contributed by atoms with Crippen LogP contribution in [0.15, 0.2) is 47.4 Å². The predicted molar refractivity (Wildman–Crippen MR) is 73.2 cm³/mol. The molecule has 100 valence electrons. The Kier molecular flexibility index (Phi) is 3.78. The molecule has 0 amide bonds. The third-order valence-electron chi connectivity index (χ3n) is 2.56. The molecule has 0 spiro atoms. The fourth-order valence-electron chi connectivity index (χ4n) is 1.65. The lowest BCUT2D eigenvalue weighted by Gasteiger charge is -2.07. The maximum atomic E-state index is 12.8. The molecule has 0 bridgehead atoms. The van der Waals surface area contributed by atoms with Gasteiger partial charge in [0.05, 0.1) is 15.7 Å². The molecule has 0 unspecified atom stereocenters. The van der Waals surface area contributed by atoms with Crippen LogP contribution in [0, 0.1) is 5.82 Å². The Hall–Kier alpha value is -1.59. The summed E-state index contributed by atoms with van der Waals surface area (Å²) in [5.41, 5.74) is 6.41. The van der Waals surface area contributed by atoms with Crippen molar-refractivity contribution in [2.24, 2.45) is 0 Å². The molecule has 0 saturated carbocycles. The number of hydrogen-bond donors (Lipinski definition) is 1. The Balaban J connectivity index is 2.35. The van der Waals surface area contributed by atoms with Crippen molar-refractivity contribution in [3.63, 3.8) is 0 Å². The van der Waals surface area contributed by atoms with Crippen molar-refractivity contribution in [2.45, 2.75) is 10.6 Å². The van der Waals surface area contributed by atoms with Crippen molar-refractivity contribution >= 4 is 27.1 Å². The van der Waals surface area contributed by atoms with E-state index in [2.05, 4.69) is 0 Å². The number of sulfone groups is 1. The van der Waals surface area contributed by atoms with Gasteiger partial charge in [-0.2, -0.15) is 0 Å². The summed E-state index contributed by atoms with van der Waals surface area (Å²) in [4.78, 5) is 0.0210. The van der Waals surface area contributed by atoms with Crippen LogP contribution >= 0.6 is 11.6 Å². The monoisotopic (exact) mass is 299 g/mol. The number of halogens is 2. The largest absolute Gasteiger partial charge is 0.399 e. The van der Waals surface area contributed by atoms with Gasteiger partial charge >= 0.3 is 0 Å². The van der Waals surface area contributed by atoms with Crippen molar-refractivity contribution in [1.82, 2.24) is 0 Å². The van der Waals surface area contributed by atoms with Gasteiger partial charge in [0.25, 0.3) is 0 Å². The fraction of sp³-hybridized carbons (Fsp3) is 0.0769. The van der Waals surface area contributed by atoms with Gasteiger partial charge in [-0.1, -0.05) is 23.7 Å². The fourth-order valence-corrected chi connectivity index (χ4v) is 3.61. The summed E-state index contributed by atoms with van der Waals surface area (Å²) in [7, 11) is -3.58. The molecule has 0 aliphatic carbocycles. The highest BCUT2D eigenvalue weighted by Gasteiger charge is 2.18. The van der Waals surface area contributed by atoms with Crippen LogP contribution in [-0.2, 0) is 15.6 Å². The molecule has 2 aromatic carbocycles. The van der Waals surface area contributed by atoms with Gasteiger partial charge in [-0.3, -0.25) is 0 Å². The SMILES string of the molecule is Nc1ccc(S(=O)(=O)Cc2ccc(F)cc2)c(Cl)c1. The van der Waals surface area contributed by atoms with Crippen LogP contribution in [0.3, 0.4) is 0 Å². The molecular weight excluding hydrogens is 289 g/mol. The first kappa shape index (κ1) is 13.8. The van der Waals surface area contributed by atoms with Crippen molar-refractivity contribution in [1.29, 1.82) is 0 Å². The zero-order valence-corrected chi connectivity index (χ0v) is 11.4. The summed E-state index contributed by atoms with van der Waals surface area (Å²) < 4.78 is 37.2. The van der Waals surface area contributed by atoms with Gasteiger partial charge in [-0.25, -0.2) is 12.8 Å². The zero-order chi connectivity index (χ0) is 14.0. The number of rotatable bonds is 3. The van der Waals surface area contributed by atoms with Gasteiger partial charge < -0.3 is 5.73 Å². The Morgan fingerprint density at radius 3 is 2.32 bits per heavy atom. The molecule has 19 heavy (non-hydrogen) atoms. The highest BCUT2D eigenvalue weighted by atomic mass is 35.5. The molecule has 2 N–H and O–H groups in total. The minimum Gasteiger partial charge on any atom is -0.399 e. The molecule has 3 nitrogen and oxygen atoms in total. The van der Waals surface area contributed by atoms with Crippen LogP contribution in [-0.4, -0.2) is 8.42 Å². The second-order valence-corrected chi connectivity index (χ2v) is 6.44. The van der Waals surface area contributed by atoms with E-state index in [1.54, 1.807) is 0 Å². The van der Waals surface area contributed by atoms with Crippen LogP contribution in [0.5, 0.6) is 0 Å². The first-order chi connectivity index (χ1) is 8.88. The second-order valence-electron chi connectivity index (χ2n) is 4.08. The zero-order valence-electron chi connectivity index (χ0n) is 9.81. The molecular formula is C13H11ClFNO2S. The van der Waals surface area contributed by atoms with Gasteiger partial charge in [0.15, 0.2) is 9.84 Å². The topological polar surface area (TPSA) is 60.2 Å². The third-order valence-corrected chi connectivity index (χ3v) is 4.73. The van der Waals surface area contributed by atoms with E-state index in [-0.39, 0.29) is 15.7 Å². The van der Waals surface area contributed by atoms with Gasteiger partial charge in [-0.05, 0) is 35.9 Å². The normalized spacial score (nSPS) is 11.5. The Bertz CT molecular complexity index is 699. The Labute approximate surface area is 115 Å². The van der Waals surface area contributed by atoms with Crippen molar-refractivity contribution < 1.29 is 12.8 Å². The van der Waals surface area contributed by atoms with E-state index < -0.39 is 15.7 Å². The van der Waals surface area contributed by atoms with Crippen molar-refractivity contribution in [2.75, 3.05) is 5.73 Å². The molecule has 0 aliphatic heterocycles. The van der Waals surface area contributed by atoms with Gasteiger partial charge in [0.2, 0.25) is 0 Å². The number of anilines is 1. The quantitative estimate of drug-likeness (QED) is 0.886. The standard InChI is InChI=1S/C13H11ClFNO2S/c14-12-7-11(16)5-6-13(12)19(17,18)8-9-1-3-10(15)4-2-9/h1-7H,8,16H2. The summed E-state index contributed by atoms with van der Waals surface area (Å²) in [5, 5.41) is 0.0853. The van der Waals surface area contributed by atoms with E-state index in [4.69, 9.17) is 17.3 Å². The maximum absolute atomic E-state index is 12.8. The van der Waals surface area contributed by atoms with E-state index in [0.717, 1.165) is 0 Å². The van der Waals surface area contributed by atoms with E-state index in [9.17, 15) is 12.8 Å². The molecule has 0 heterocycles. The maximum Gasteiger partial charge on any atom is 0.183 e. The van der Waals surface area contributed by atoms with E-state index >= 15 is 0 Å². The average Bonchev–Trinajstić information content (AvgIpc) is 2.31. The highest BCUT2D eigenvalue weighted by Crippen LogP contribution is 2.26. The van der Waals surface area contributed by atoms with E-state index in [0.29, 0.717) is 11.3 Å². The molecule has 0 atom stereocenters. The smallest absolute Gasteiger partial charge is 0.183 e. The Morgan fingerprint density at radius 1 is 1.11 bits per heavy atom. The van der Waals surface area contributed by atoms with Crippen LogP contribution in [0.25, 0.3) is 0 Å². The third kappa shape index (κ3) is 3.24. The molecule has 0 radical (unpaired) electrons. The number of hydrogen-bond acceptors (Lipinski definition) is 3. The van der Waals surface area contributed by atoms with E-state index in [1.807, 2.05) is 0 Å². The number of nitrogens with two attached hydrogens (primary N) is 1. The molecule has 0 aromatic heterocycles. The minimum atomic E-state index is -3.58. The van der Waals surface area contributed by atoms with Crippen LogP contribution in [0.4, 0.5) is 10.1 Å². The summed E-state index contributed by atoms with van der Waals surface area (Å²) in [6, 6.07) is 9.53.